The van der Waals surface area contributed by atoms with Gasteiger partial charge in [-0.15, -0.1) is 0 Å². The lowest BCUT2D eigenvalue weighted by atomic mass is 10.1. The highest BCUT2D eigenvalue weighted by Gasteiger charge is 2.10. The van der Waals surface area contributed by atoms with Gasteiger partial charge in [0.25, 0.3) is 0 Å². The van der Waals surface area contributed by atoms with Crippen molar-refractivity contribution in [2.24, 2.45) is 7.05 Å². The summed E-state index contributed by atoms with van der Waals surface area (Å²) in [6, 6.07) is 10.1. The lowest BCUT2D eigenvalue weighted by Gasteiger charge is -2.09. The van der Waals surface area contributed by atoms with Gasteiger partial charge in [0.05, 0.1) is 18.5 Å². The van der Waals surface area contributed by atoms with E-state index >= 15 is 0 Å². The average Bonchev–Trinajstić information content (AvgIpc) is 3.15. The van der Waals surface area contributed by atoms with Crippen molar-refractivity contribution < 1.29 is 4.79 Å². The summed E-state index contributed by atoms with van der Waals surface area (Å²) in [6.07, 6.45) is 5.27. The number of benzene rings is 1. The van der Waals surface area contributed by atoms with E-state index in [1.165, 1.54) is 17.3 Å². The first kappa shape index (κ1) is 16.3. The molecule has 124 valence electrons. The number of thioether (sulfide) groups is 1. The second-order valence-electron chi connectivity index (χ2n) is 5.52. The van der Waals surface area contributed by atoms with Crippen LogP contribution in [-0.4, -0.2) is 31.0 Å². The van der Waals surface area contributed by atoms with E-state index in [1.54, 1.807) is 23.1 Å². The van der Waals surface area contributed by atoms with E-state index in [0.717, 1.165) is 10.7 Å². The number of nitrogens with one attached hydrogen (secondary N) is 1. The zero-order valence-electron chi connectivity index (χ0n) is 13.6. The van der Waals surface area contributed by atoms with Crippen LogP contribution in [0.25, 0.3) is 0 Å². The Labute approximate surface area is 144 Å². The Kier molecular flexibility index (Phi) is 5.00. The molecule has 24 heavy (non-hydrogen) atoms. The Morgan fingerprint density at radius 2 is 2.17 bits per heavy atom. The molecule has 2 aromatic heterocycles. The molecule has 1 aromatic carbocycles. The Bertz CT molecular complexity index is 839. The summed E-state index contributed by atoms with van der Waals surface area (Å²) in [4.78, 5) is 16.4. The molecule has 3 aromatic rings. The minimum absolute atomic E-state index is 0.0750. The monoisotopic (exact) mass is 341 g/mol. The van der Waals surface area contributed by atoms with Gasteiger partial charge in [0, 0.05) is 25.5 Å². The van der Waals surface area contributed by atoms with E-state index < -0.39 is 0 Å². The summed E-state index contributed by atoms with van der Waals surface area (Å²) in [6.45, 7) is 2.68. The van der Waals surface area contributed by atoms with Crippen LogP contribution >= 0.6 is 11.8 Å². The molecule has 0 bridgehead atoms. The first-order valence-corrected chi connectivity index (χ1v) is 8.58. The predicted molar refractivity (Wildman–Crippen MR) is 95.1 cm³/mol. The second kappa shape index (κ2) is 7.35. The molecule has 0 aliphatic carbocycles. The molecule has 0 saturated carbocycles. The van der Waals surface area contributed by atoms with Gasteiger partial charge >= 0.3 is 0 Å². The van der Waals surface area contributed by atoms with Crippen molar-refractivity contribution in [2.75, 3.05) is 11.1 Å². The molecular weight excluding hydrogens is 322 g/mol. The fourth-order valence-corrected chi connectivity index (χ4v) is 3.08. The maximum absolute atomic E-state index is 12.2. The van der Waals surface area contributed by atoms with Crippen LogP contribution < -0.4 is 5.32 Å². The third-order valence-electron chi connectivity index (χ3n) is 3.51. The van der Waals surface area contributed by atoms with Gasteiger partial charge in [-0.1, -0.05) is 41.6 Å². The maximum atomic E-state index is 12.2. The van der Waals surface area contributed by atoms with Crippen LogP contribution in [0.1, 0.15) is 11.1 Å². The molecular formula is C17H19N5OS. The standard InChI is InChI=1S/C17H19N5OS/c1-13-4-3-5-14(10-13)11-22-15(6-7-19-22)20-16(23)12-24-17-18-8-9-21(17)2/h3-10H,11-12H2,1-2H3,(H,20,23). The lowest BCUT2D eigenvalue weighted by Crippen LogP contribution is -2.18. The van der Waals surface area contributed by atoms with Crippen molar-refractivity contribution >= 4 is 23.5 Å². The molecule has 0 atom stereocenters. The van der Waals surface area contributed by atoms with Crippen LogP contribution in [0.5, 0.6) is 0 Å². The van der Waals surface area contributed by atoms with Crippen LogP contribution in [0.2, 0.25) is 0 Å². The highest BCUT2D eigenvalue weighted by atomic mass is 32.2. The third kappa shape index (κ3) is 4.05. The van der Waals surface area contributed by atoms with Crippen molar-refractivity contribution in [3.05, 3.63) is 60.0 Å². The van der Waals surface area contributed by atoms with Gasteiger partial charge in [-0.3, -0.25) is 4.79 Å². The maximum Gasteiger partial charge on any atom is 0.235 e. The highest BCUT2D eigenvalue weighted by Crippen LogP contribution is 2.16. The Balaban J connectivity index is 1.60. The van der Waals surface area contributed by atoms with Gasteiger partial charge in [-0.05, 0) is 12.5 Å². The minimum Gasteiger partial charge on any atom is -0.329 e. The first-order chi connectivity index (χ1) is 11.6. The zero-order chi connectivity index (χ0) is 16.9. The van der Waals surface area contributed by atoms with Gasteiger partial charge in [0.15, 0.2) is 5.16 Å². The number of amides is 1. The summed E-state index contributed by atoms with van der Waals surface area (Å²) < 4.78 is 3.68. The predicted octanol–water partition coefficient (Wildman–Crippen LogP) is 2.70. The van der Waals surface area contributed by atoms with Gasteiger partial charge in [-0.25, -0.2) is 9.67 Å². The van der Waals surface area contributed by atoms with Crippen LogP contribution in [-0.2, 0) is 18.4 Å². The number of imidazole rings is 1. The number of rotatable bonds is 6. The molecule has 6 nitrogen and oxygen atoms in total. The van der Waals surface area contributed by atoms with Gasteiger partial charge < -0.3 is 9.88 Å². The number of aryl methyl sites for hydroxylation is 2. The first-order valence-electron chi connectivity index (χ1n) is 7.59. The number of hydrogen-bond donors (Lipinski definition) is 1. The topological polar surface area (TPSA) is 64.7 Å². The van der Waals surface area contributed by atoms with E-state index in [-0.39, 0.29) is 5.91 Å². The highest BCUT2D eigenvalue weighted by molar-refractivity contribution is 7.99. The normalized spacial score (nSPS) is 10.8. The van der Waals surface area contributed by atoms with Crippen molar-refractivity contribution in [1.82, 2.24) is 19.3 Å². The smallest absolute Gasteiger partial charge is 0.235 e. The number of hydrogen-bond acceptors (Lipinski definition) is 4. The molecule has 0 spiro atoms. The Hall–Kier alpha value is -2.54. The second-order valence-corrected chi connectivity index (χ2v) is 6.46. The van der Waals surface area contributed by atoms with Crippen LogP contribution in [0.4, 0.5) is 5.82 Å². The zero-order valence-corrected chi connectivity index (χ0v) is 14.5. The lowest BCUT2D eigenvalue weighted by molar-refractivity contribution is -0.113. The molecule has 2 heterocycles. The van der Waals surface area contributed by atoms with Crippen molar-refractivity contribution in [3.63, 3.8) is 0 Å². The van der Waals surface area contributed by atoms with Crippen molar-refractivity contribution in [2.45, 2.75) is 18.6 Å². The van der Waals surface area contributed by atoms with E-state index in [1.807, 2.05) is 23.9 Å². The molecule has 0 aliphatic rings. The van der Waals surface area contributed by atoms with Crippen molar-refractivity contribution in [1.29, 1.82) is 0 Å². The Morgan fingerprint density at radius 1 is 1.29 bits per heavy atom. The van der Waals surface area contributed by atoms with Gasteiger partial charge in [-0.2, -0.15) is 5.10 Å². The van der Waals surface area contributed by atoms with E-state index in [4.69, 9.17) is 0 Å². The van der Waals surface area contributed by atoms with Crippen LogP contribution in [0, 0.1) is 6.92 Å². The number of anilines is 1. The molecule has 3 rings (SSSR count). The Morgan fingerprint density at radius 3 is 2.92 bits per heavy atom. The molecule has 0 aliphatic heterocycles. The number of carbonyl (C=O) groups excluding carboxylic acids is 1. The number of carbonyl (C=O) groups is 1. The summed E-state index contributed by atoms with van der Waals surface area (Å²) in [5.74, 6) is 0.927. The number of aromatic nitrogens is 4. The van der Waals surface area contributed by atoms with E-state index in [0.29, 0.717) is 18.1 Å². The van der Waals surface area contributed by atoms with Crippen LogP contribution in [0.15, 0.2) is 54.1 Å². The third-order valence-corrected chi connectivity index (χ3v) is 4.57. The van der Waals surface area contributed by atoms with Crippen LogP contribution in [0.3, 0.4) is 0 Å². The largest absolute Gasteiger partial charge is 0.329 e. The van der Waals surface area contributed by atoms with E-state index in [9.17, 15) is 4.79 Å². The fraction of sp³-hybridized carbons (Fsp3) is 0.235. The molecule has 0 unspecified atom stereocenters. The SMILES string of the molecule is Cc1cccc(Cn2nccc2NC(=O)CSc2nccn2C)c1. The molecule has 0 fully saturated rings. The summed E-state index contributed by atoms with van der Waals surface area (Å²) in [5.41, 5.74) is 2.35. The molecule has 1 N–H and O–H groups in total. The molecule has 7 heteroatoms. The van der Waals surface area contributed by atoms with Crippen molar-refractivity contribution in [3.8, 4) is 0 Å². The molecule has 0 radical (unpaired) electrons. The van der Waals surface area contributed by atoms with Gasteiger partial charge in [0.1, 0.15) is 5.82 Å². The molecule has 0 saturated heterocycles. The summed E-state index contributed by atoms with van der Waals surface area (Å²) >= 11 is 1.41. The molecule has 1 amide bonds. The summed E-state index contributed by atoms with van der Waals surface area (Å²) in [5, 5.41) is 8.03. The minimum atomic E-state index is -0.0750. The van der Waals surface area contributed by atoms with E-state index in [2.05, 4.69) is 40.5 Å². The fourth-order valence-electron chi connectivity index (χ4n) is 2.35. The number of nitrogens with zero attached hydrogens (tertiary/aromatic N) is 4. The quantitative estimate of drug-likeness (QED) is 0.700. The van der Waals surface area contributed by atoms with Gasteiger partial charge in [0.2, 0.25) is 5.91 Å². The summed E-state index contributed by atoms with van der Waals surface area (Å²) in [7, 11) is 1.91. The average molecular weight is 341 g/mol.